The Morgan fingerprint density at radius 2 is 2.07 bits per heavy atom. The van der Waals surface area contributed by atoms with Crippen LogP contribution in [0, 0.1) is 0 Å². The van der Waals surface area contributed by atoms with Crippen LogP contribution in [-0.4, -0.2) is 11.1 Å². The van der Waals surface area contributed by atoms with Crippen LogP contribution in [0.2, 0.25) is 0 Å². The zero-order valence-corrected chi connectivity index (χ0v) is 8.52. The average molecular weight is 205 g/mol. The standard InChI is InChI=1S/C12H15NO2/c1-2-3-4-11(13)9-5-7-10(8-6-9)12(14)15/h2,5-8,11H,1,3-4,13H2,(H,14,15)/t11-/m1/s1. The van der Waals surface area contributed by atoms with Crippen molar-refractivity contribution in [3.63, 3.8) is 0 Å². The Morgan fingerprint density at radius 1 is 1.47 bits per heavy atom. The highest BCUT2D eigenvalue weighted by molar-refractivity contribution is 5.87. The summed E-state index contributed by atoms with van der Waals surface area (Å²) >= 11 is 0. The van der Waals surface area contributed by atoms with Crippen molar-refractivity contribution in [1.29, 1.82) is 0 Å². The summed E-state index contributed by atoms with van der Waals surface area (Å²) in [4.78, 5) is 10.6. The molecule has 1 aromatic rings. The van der Waals surface area contributed by atoms with Crippen LogP contribution in [0.5, 0.6) is 0 Å². The molecule has 0 radical (unpaired) electrons. The van der Waals surface area contributed by atoms with Crippen molar-refractivity contribution in [3.8, 4) is 0 Å². The van der Waals surface area contributed by atoms with Gasteiger partial charge in [0, 0.05) is 6.04 Å². The van der Waals surface area contributed by atoms with Crippen LogP contribution in [0.1, 0.15) is 34.8 Å². The molecule has 1 aromatic carbocycles. The lowest BCUT2D eigenvalue weighted by atomic mass is 10.0. The Kier molecular flexibility index (Phi) is 4.06. The summed E-state index contributed by atoms with van der Waals surface area (Å²) in [5.41, 5.74) is 7.16. The first kappa shape index (κ1) is 11.5. The van der Waals surface area contributed by atoms with Gasteiger partial charge in [-0.25, -0.2) is 4.79 Å². The second-order valence-corrected chi connectivity index (χ2v) is 3.40. The van der Waals surface area contributed by atoms with E-state index in [2.05, 4.69) is 6.58 Å². The molecule has 1 rings (SSSR count). The maximum atomic E-state index is 10.6. The lowest BCUT2D eigenvalue weighted by molar-refractivity contribution is 0.0697. The van der Waals surface area contributed by atoms with Gasteiger partial charge >= 0.3 is 5.97 Å². The van der Waals surface area contributed by atoms with Crippen LogP contribution >= 0.6 is 0 Å². The monoisotopic (exact) mass is 205 g/mol. The van der Waals surface area contributed by atoms with E-state index in [1.807, 2.05) is 6.08 Å². The molecule has 0 heterocycles. The third kappa shape index (κ3) is 3.22. The molecule has 15 heavy (non-hydrogen) atoms. The van der Waals surface area contributed by atoms with Gasteiger partial charge in [-0.15, -0.1) is 6.58 Å². The fraction of sp³-hybridized carbons (Fsp3) is 0.250. The molecule has 0 aliphatic rings. The number of carboxylic acids is 1. The van der Waals surface area contributed by atoms with Gasteiger partial charge < -0.3 is 10.8 Å². The van der Waals surface area contributed by atoms with E-state index in [0.29, 0.717) is 0 Å². The molecule has 0 unspecified atom stereocenters. The van der Waals surface area contributed by atoms with Gasteiger partial charge in [-0.05, 0) is 30.5 Å². The van der Waals surface area contributed by atoms with Crippen LogP contribution in [-0.2, 0) is 0 Å². The van der Waals surface area contributed by atoms with Crippen LogP contribution in [0.15, 0.2) is 36.9 Å². The molecular weight excluding hydrogens is 190 g/mol. The molecule has 0 aliphatic heterocycles. The van der Waals surface area contributed by atoms with E-state index in [1.165, 1.54) is 0 Å². The Balaban J connectivity index is 2.70. The number of rotatable bonds is 5. The summed E-state index contributed by atoms with van der Waals surface area (Å²) in [6, 6.07) is 6.62. The molecule has 0 saturated carbocycles. The summed E-state index contributed by atoms with van der Waals surface area (Å²) < 4.78 is 0. The molecular formula is C12H15NO2. The highest BCUT2D eigenvalue weighted by Gasteiger charge is 2.06. The SMILES string of the molecule is C=CCC[C@@H](N)c1ccc(C(=O)O)cc1. The van der Waals surface area contributed by atoms with Crippen molar-refractivity contribution in [3.05, 3.63) is 48.0 Å². The lowest BCUT2D eigenvalue weighted by Gasteiger charge is -2.10. The van der Waals surface area contributed by atoms with Crippen molar-refractivity contribution in [2.24, 2.45) is 5.73 Å². The summed E-state index contributed by atoms with van der Waals surface area (Å²) in [5.74, 6) is -0.916. The van der Waals surface area contributed by atoms with Crippen LogP contribution in [0.25, 0.3) is 0 Å². The van der Waals surface area contributed by atoms with Crippen molar-refractivity contribution >= 4 is 5.97 Å². The van der Waals surface area contributed by atoms with Crippen LogP contribution in [0.3, 0.4) is 0 Å². The van der Waals surface area contributed by atoms with Crippen LogP contribution < -0.4 is 5.73 Å². The van der Waals surface area contributed by atoms with Crippen molar-refractivity contribution in [2.75, 3.05) is 0 Å². The van der Waals surface area contributed by atoms with Crippen molar-refractivity contribution in [2.45, 2.75) is 18.9 Å². The minimum absolute atomic E-state index is 0.0501. The highest BCUT2D eigenvalue weighted by atomic mass is 16.4. The van der Waals surface area contributed by atoms with Crippen molar-refractivity contribution < 1.29 is 9.90 Å². The van der Waals surface area contributed by atoms with Gasteiger partial charge in [0.2, 0.25) is 0 Å². The average Bonchev–Trinajstić information content (AvgIpc) is 2.26. The number of carboxylic acid groups (broad SMARTS) is 1. The smallest absolute Gasteiger partial charge is 0.335 e. The minimum Gasteiger partial charge on any atom is -0.478 e. The number of aromatic carboxylic acids is 1. The predicted molar refractivity (Wildman–Crippen MR) is 59.8 cm³/mol. The van der Waals surface area contributed by atoms with Gasteiger partial charge in [0.25, 0.3) is 0 Å². The number of hydrogen-bond acceptors (Lipinski definition) is 2. The zero-order chi connectivity index (χ0) is 11.3. The van der Waals surface area contributed by atoms with Crippen LogP contribution in [0.4, 0.5) is 0 Å². The van der Waals surface area contributed by atoms with E-state index in [0.717, 1.165) is 18.4 Å². The molecule has 1 atom stereocenters. The van der Waals surface area contributed by atoms with Gasteiger partial charge in [0.05, 0.1) is 5.56 Å². The van der Waals surface area contributed by atoms with E-state index in [4.69, 9.17) is 10.8 Å². The van der Waals surface area contributed by atoms with Gasteiger partial charge in [0.15, 0.2) is 0 Å². The first-order valence-electron chi connectivity index (χ1n) is 4.85. The Bertz CT molecular complexity index is 343. The topological polar surface area (TPSA) is 63.3 Å². The number of carbonyl (C=O) groups is 1. The third-order valence-electron chi connectivity index (χ3n) is 2.27. The summed E-state index contributed by atoms with van der Waals surface area (Å²) in [6.45, 7) is 3.63. The Hall–Kier alpha value is -1.61. The summed E-state index contributed by atoms with van der Waals surface area (Å²) in [7, 11) is 0. The molecule has 3 heteroatoms. The van der Waals surface area contributed by atoms with Gasteiger partial charge in [0.1, 0.15) is 0 Å². The molecule has 0 fully saturated rings. The molecule has 3 N–H and O–H groups in total. The molecule has 0 amide bonds. The van der Waals surface area contributed by atoms with E-state index in [1.54, 1.807) is 24.3 Å². The Labute approximate surface area is 89.2 Å². The first-order chi connectivity index (χ1) is 7.15. The molecule has 0 aliphatic carbocycles. The molecule has 0 spiro atoms. The molecule has 0 aromatic heterocycles. The quantitative estimate of drug-likeness (QED) is 0.725. The van der Waals surface area contributed by atoms with Crippen molar-refractivity contribution in [1.82, 2.24) is 0 Å². The maximum absolute atomic E-state index is 10.6. The van der Waals surface area contributed by atoms with E-state index in [9.17, 15) is 4.79 Å². The summed E-state index contributed by atoms with van der Waals surface area (Å²) in [6.07, 6.45) is 3.52. The second-order valence-electron chi connectivity index (χ2n) is 3.40. The van der Waals surface area contributed by atoms with E-state index < -0.39 is 5.97 Å². The molecule has 80 valence electrons. The second kappa shape index (κ2) is 5.32. The molecule has 0 saturated heterocycles. The van der Waals surface area contributed by atoms with E-state index >= 15 is 0 Å². The molecule has 3 nitrogen and oxygen atoms in total. The number of hydrogen-bond donors (Lipinski definition) is 2. The largest absolute Gasteiger partial charge is 0.478 e. The first-order valence-corrected chi connectivity index (χ1v) is 4.85. The maximum Gasteiger partial charge on any atom is 0.335 e. The predicted octanol–water partition coefficient (Wildman–Crippen LogP) is 2.35. The Morgan fingerprint density at radius 3 is 2.53 bits per heavy atom. The highest BCUT2D eigenvalue weighted by Crippen LogP contribution is 2.16. The van der Waals surface area contributed by atoms with Gasteiger partial charge in [-0.3, -0.25) is 0 Å². The fourth-order valence-corrected chi connectivity index (χ4v) is 1.34. The van der Waals surface area contributed by atoms with E-state index in [-0.39, 0.29) is 11.6 Å². The number of nitrogens with two attached hydrogens (primary N) is 1. The van der Waals surface area contributed by atoms with Gasteiger partial charge in [-0.1, -0.05) is 18.2 Å². The zero-order valence-electron chi connectivity index (χ0n) is 8.52. The third-order valence-corrected chi connectivity index (χ3v) is 2.27. The normalized spacial score (nSPS) is 12.1. The number of benzene rings is 1. The fourth-order valence-electron chi connectivity index (χ4n) is 1.34. The molecule has 0 bridgehead atoms. The minimum atomic E-state index is -0.916. The summed E-state index contributed by atoms with van der Waals surface area (Å²) in [5, 5.41) is 8.71. The number of allylic oxidation sites excluding steroid dienone is 1. The lowest BCUT2D eigenvalue weighted by Crippen LogP contribution is -2.10. The van der Waals surface area contributed by atoms with Gasteiger partial charge in [-0.2, -0.15) is 0 Å².